The van der Waals surface area contributed by atoms with Gasteiger partial charge in [0.25, 0.3) is 0 Å². The van der Waals surface area contributed by atoms with Crippen LogP contribution in [0.2, 0.25) is 0 Å². The van der Waals surface area contributed by atoms with Crippen LogP contribution in [0, 0.1) is 0 Å². The first kappa shape index (κ1) is 4.77. The molecule has 1 aliphatic heterocycles. The molecule has 2 nitrogen and oxygen atoms in total. The Kier molecular flexibility index (Phi) is 0.866. The van der Waals surface area contributed by atoms with Crippen LogP contribution in [0.1, 0.15) is 12.8 Å². The first-order valence-corrected chi connectivity index (χ1v) is 3.20. The van der Waals surface area contributed by atoms with Gasteiger partial charge in [0.15, 0.2) is 0 Å². The molecule has 8 heavy (non-hydrogen) atoms. The third-order valence-electron chi connectivity index (χ3n) is 2.23. The van der Waals surface area contributed by atoms with E-state index in [1.54, 1.807) is 0 Å². The Balaban J connectivity index is 2.05. The number of fused-ring (bicyclic) bond motifs is 1. The molecule has 0 spiro atoms. The molecular weight excluding hydrogens is 102 g/mol. The van der Waals surface area contributed by atoms with Crippen molar-refractivity contribution in [2.45, 2.75) is 25.0 Å². The second-order valence-corrected chi connectivity index (χ2v) is 2.74. The Labute approximate surface area is 49.4 Å². The van der Waals surface area contributed by atoms with Crippen molar-refractivity contribution < 1.29 is 4.74 Å². The van der Waals surface area contributed by atoms with Gasteiger partial charge in [-0.3, -0.25) is 4.90 Å². The normalized spacial score (nSPS) is 46.1. The van der Waals surface area contributed by atoms with Crippen LogP contribution in [0.5, 0.6) is 0 Å². The van der Waals surface area contributed by atoms with Gasteiger partial charge in [0.2, 0.25) is 0 Å². The highest BCUT2D eigenvalue weighted by Gasteiger charge is 2.39. The smallest absolute Gasteiger partial charge is 0.0995 e. The predicted molar refractivity (Wildman–Crippen MR) is 30.5 cm³/mol. The summed E-state index contributed by atoms with van der Waals surface area (Å²) < 4.78 is 5.39. The van der Waals surface area contributed by atoms with Crippen LogP contribution in [0.3, 0.4) is 0 Å². The van der Waals surface area contributed by atoms with Crippen LogP contribution in [0.15, 0.2) is 0 Å². The molecule has 2 rings (SSSR count). The zero-order valence-electron chi connectivity index (χ0n) is 5.13. The van der Waals surface area contributed by atoms with Gasteiger partial charge >= 0.3 is 0 Å². The van der Waals surface area contributed by atoms with Gasteiger partial charge in [-0.05, 0) is 19.9 Å². The van der Waals surface area contributed by atoms with Crippen molar-refractivity contribution in [3.05, 3.63) is 0 Å². The average Bonchev–Trinajstić information content (AvgIpc) is 1.80. The minimum absolute atomic E-state index is 0.597. The van der Waals surface area contributed by atoms with Crippen LogP contribution in [0.4, 0.5) is 0 Å². The van der Waals surface area contributed by atoms with Gasteiger partial charge in [0.1, 0.15) is 0 Å². The maximum absolute atomic E-state index is 5.39. The van der Waals surface area contributed by atoms with E-state index in [1.807, 2.05) is 0 Å². The molecular formula is C6H11NO. The van der Waals surface area contributed by atoms with Crippen LogP contribution >= 0.6 is 0 Å². The zero-order valence-corrected chi connectivity index (χ0v) is 5.13. The van der Waals surface area contributed by atoms with Gasteiger partial charge in [0, 0.05) is 6.04 Å². The molecule has 1 unspecified atom stereocenters. The molecule has 2 fully saturated rings. The fraction of sp³-hybridized carbons (Fsp3) is 1.00. The van der Waals surface area contributed by atoms with Crippen LogP contribution in [0.25, 0.3) is 0 Å². The Hall–Kier alpha value is -0.0800. The Morgan fingerprint density at radius 2 is 2.38 bits per heavy atom. The molecule has 1 heterocycles. The molecule has 0 aromatic carbocycles. The van der Waals surface area contributed by atoms with Crippen molar-refractivity contribution in [1.82, 2.24) is 4.90 Å². The molecule has 1 saturated heterocycles. The van der Waals surface area contributed by atoms with Crippen molar-refractivity contribution >= 4 is 0 Å². The molecule has 0 radical (unpaired) electrons. The lowest BCUT2D eigenvalue weighted by atomic mass is 9.89. The molecule has 0 N–H and O–H groups in total. The number of ether oxygens (including phenoxy) is 1. The summed E-state index contributed by atoms with van der Waals surface area (Å²) in [5, 5.41) is 0. The van der Waals surface area contributed by atoms with E-state index in [4.69, 9.17) is 4.74 Å². The topological polar surface area (TPSA) is 12.5 Å². The summed E-state index contributed by atoms with van der Waals surface area (Å²) in [5.41, 5.74) is 0. The number of nitrogens with zero attached hydrogens (tertiary/aromatic N) is 1. The van der Waals surface area contributed by atoms with E-state index >= 15 is 0 Å². The number of hydrogen-bond donors (Lipinski definition) is 0. The maximum atomic E-state index is 5.39. The van der Waals surface area contributed by atoms with E-state index in [2.05, 4.69) is 11.9 Å². The quantitative estimate of drug-likeness (QED) is 0.452. The van der Waals surface area contributed by atoms with Crippen LogP contribution in [-0.4, -0.2) is 30.8 Å². The molecule has 2 aliphatic rings. The first-order valence-electron chi connectivity index (χ1n) is 3.20. The van der Waals surface area contributed by atoms with E-state index in [1.165, 1.54) is 12.8 Å². The predicted octanol–water partition coefficient (Wildman–Crippen LogP) is 0.437. The van der Waals surface area contributed by atoms with Gasteiger partial charge in [-0.2, -0.15) is 0 Å². The maximum Gasteiger partial charge on any atom is 0.0995 e. The standard InChI is InChI=1S/C6H11NO/c1-7-4-8-6-3-2-5(6)7/h5-6H,2-4H2,1H3/t5-,6?/m1/s1. The highest BCUT2D eigenvalue weighted by atomic mass is 16.5. The Morgan fingerprint density at radius 3 is 2.62 bits per heavy atom. The fourth-order valence-electron chi connectivity index (χ4n) is 1.46. The summed E-state index contributed by atoms with van der Waals surface area (Å²) in [5.74, 6) is 0. The Morgan fingerprint density at radius 1 is 1.50 bits per heavy atom. The number of rotatable bonds is 0. The molecule has 0 bridgehead atoms. The highest BCUT2D eigenvalue weighted by molar-refractivity contribution is 4.91. The molecule has 0 aromatic rings. The fourth-order valence-corrected chi connectivity index (χ4v) is 1.46. The lowest BCUT2D eigenvalue weighted by Gasteiger charge is -2.31. The van der Waals surface area contributed by atoms with E-state index < -0.39 is 0 Å². The van der Waals surface area contributed by atoms with E-state index in [-0.39, 0.29) is 0 Å². The zero-order chi connectivity index (χ0) is 5.56. The summed E-state index contributed by atoms with van der Waals surface area (Å²) in [6, 6.07) is 0.773. The molecule has 1 saturated carbocycles. The summed E-state index contributed by atoms with van der Waals surface area (Å²) in [6.07, 6.45) is 3.23. The molecule has 0 amide bonds. The number of hydrogen-bond acceptors (Lipinski definition) is 2. The minimum atomic E-state index is 0.597. The minimum Gasteiger partial charge on any atom is -0.361 e. The second-order valence-electron chi connectivity index (χ2n) is 2.74. The van der Waals surface area contributed by atoms with Crippen molar-refractivity contribution in [3.63, 3.8) is 0 Å². The van der Waals surface area contributed by atoms with Gasteiger partial charge < -0.3 is 4.74 Å². The largest absolute Gasteiger partial charge is 0.361 e. The molecule has 46 valence electrons. The highest BCUT2D eigenvalue weighted by Crippen LogP contribution is 2.32. The summed E-state index contributed by atoms with van der Waals surface area (Å²) in [7, 11) is 2.13. The van der Waals surface area contributed by atoms with Gasteiger partial charge in [0.05, 0.1) is 12.8 Å². The molecule has 2 heteroatoms. The third kappa shape index (κ3) is 0.446. The monoisotopic (exact) mass is 113 g/mol. The summed E-state index contributed by atoms with van der Waals surface area (Å²) >= 11 is 0. The second kappa shape index (κ2) is 1.45. The van der Waals surface area contributed by atoms with E-state index in [9.17, 15) is 0 Å². The molecule has 2 atom stereocenters. The third-order valence-corrected chi connectivity index (χ3v) is 2.23. The van der Waals surface area contributed by atoms with E-state index in [0.29, 0.717) is 6.10 Å². The SMILES string of the molecule is CN1COC2CC[C@H]21. The lowest BCUT2D eigenvalue weighted by Crippen LogP contribution is -2.40. The first-order chi connectivity index (χ1) is 3.88. The number of likely N-dealkylation sites (N-methyl/N-ethyl adjacent to an activating group) is 1. The molecule has 1 aliphatic carbocycles. The molecule has 0 aromatic heterocycles. The van der Waals surface area contributed by atoms with Crippen molar-refractivity contribution in [3.8, 4) is 0 Å². The van der Waals surface area contributed by atoms with E-state index in [0.717, 1.165) is 12.8 Å². The van der Waals surface area contributed by atoms with Crippen molar-refractivity contribution in [2.24, 2.45) is 0 Å². The van der Waals surface area contributed by atoms with Crippen LogP contribution in [-0.2, 0) is 4.74 Å². The van der Waals surface area contributed by atoms with Crippen molar-refractivity contribution in [2.75, 3.05) is 13.8 Å². The van der Waals surface area contributed by atoms with Gasteiger partial charge in [-0.15, -0.1) is 0 Å². The van der Waals surface area contributed by atoms with Gasteiger partial charge in [-0.1, -0.05) is 0 Å². The van der Waals surface area contributed by atoms with Crippen LogP contribution < -0.4 is 0 Å². The summed E-state index contributed by atoms with van der Waals surface area (Å²) in [4.78, 5) is 2.29. The van der Waals surface area contributed by atoms with Crippen molar-refractivity contribution in [1.29, 1.82) is 0 Å². The van der Waals surface area contributed by atoms with Gasteiger partial charge in [-0.25, -0.2) is 0 Å². The lowest BCUT2D eigenvalue weighted by molar-refractivity contribution is 0.0580. The summed E-state index contributed by atoms with van der Waals surface area (Å²) in [6.45, 7) is 0.856. The Bertz CT molecular complexity index is 98.7. The average molecular weight is 113 g/mol.